The molecule has 1 aromatic rings. The lowest BCUT2D eigenvalue weighted by atomic mass is 9.74. The minimum atomic E-state index is -0.0736. The van der Waals surface area contributed by atoms with E-state index in [1.807, 2.05) is 18.2 Å². The smallest absolute Gasteiger partial charge is 0.115 e. The van der Waals surface area contributed by atoms with Gasteiger partial charge in [0.1, 0.15) is 5.75 Å². The van der Waals surface area contributed by atoms with Gasteiger partial charge in [-0.25, -0.2) is 0 Å². The Morgan fingerprint density at radius 2 is 1.62 bits per heavy atom. The zero-order valence-corrected chi connectivity index (χ0v) is 9.57. The number of hydrogen-bond acceptors (Lipinski definition) is 2. The summed E-state index contributed by atoms with van der Waals surface area (Å²) < 4.78 is 0. The van der Waals surface area contributed by atoms with E-state index in [0.717, 1.165) is 5.56 Å². The van der Waals surface area contributed by atoms with Crippen molar-refractivity contribution >= 4 is 5.57 Å². The zero-order valence-electron chi connectivity index (χ0n) is 9.57. The molecule has 1 aliphatic carbocycles. The van der Waals surface area contributed by atoms with Gasteiger partial charge in [-0.05, 0) is 34.8 Å². The lowest BCUT2D eigenvalue weighted by molar-refractivity contribution is 0.331. The van der Waals surface area contributed by atoms with Crippen LogP contribution in [0.5, 0.6) is 5.75 Å². The van der Waals surface area contributed by atoms with Crippen LogP contribution in [0.4, 0.5) is 0 Å². The summed E-state index contributed by atoms with van der Waals surface area (Å²) in [5.74, 6) is 0.698. The molecule has 0 saturated heterocycles. The third-order valence-electron chi connectivity index (χ3n) is 2.97. The molecule has 0 fully saturated rings. The Morgan fingerprint density at radius 1 is 1.00 bits per heavy atom. The summed E-state index contributed by atoms with van der Waals surface area (Å²) in [6.07, 6.45) is 4.35. The first-order chi connectivity index (χ1) is 7.49. The zero-order chi connectivity index (χ0) is 11.8. The van der Waals surface area contributed by atoms with Crippen molar-refractivity contribution in [1.82, 2.24) is 0 Å². The average Bonchev–Trinajstić information content (AvgIpc) is 2.18. The number of benzene rings is 1. The van der Waals surface area contributed by atoms with Gasteiger partial charge in [-0.3, -0.25) is 0 Å². The molecular weight excluding hydrogens is 200 g/mol. The van der Waals surface area contributed by atoms with Crippen LogP contribution >= 0.6 is 0 Å². The van der Waals surface area contributed by atoms with Crippen LogP contribution < -0.4 is 0 Å². The maximum atomic E-state index is 9.53. The van der Waals surface area contributed by atoms with E-state index in [1.54, 1.807) is 18.2 Å². The Balaban J connectivity index is 2.43. The molecule has 0 saturated carbocycles. The van der Waals surface area contributed by atoms with Gasteiger partial charge in [0, 0.05) is 6.42 Å². The normalized spacial score (nSPS) is 18.9. The predicted molar refractivity (Wildman–Crippen MR) is 65.2 cm³/mol. The molecule has 84 valence electrons. The van der Waals surface area contributed by atoms with Crippen LogP contribution in [0.25, 0.3) is 5.57 Å². The number of aliphatic hydroxyl groups excluding tert-OH is 1. The van der Waals surface area contributed by atoms with E-state index >= 15 is 0 Å². The second-order valence-electron chi connectivity index (χ2n) is 4.85. The summed E-state index contributed by atoms with van der Waals surface area (Å²) in [6, 6.07) is 7.17. The topological polar surface area (TPSA) is 40.5 Å². The van der Waals surface area contributed by atoms with Gasteiger partial charge in [0.15, 0.2) is 0 Å². The third-order valence-corrected chi connectivity index (χ3v) is 2.97. The highest BCUT2D eigenvalue weighted by Crippen LogP contribution is 2.42. The van der Waals surface area contributed by atoms with Gasteiger partial charge in [-0.2, -0.15) is 0 Å². The highest BCUT2D eigenvalue weighted by Gasteiger charge is 2.27. The molecule has 0 unspecified atom stereocenters. The van der Waals surface area contributed by atoms with E-state index < -0.39 is 0 Å². The molecule has 0 radical (unpaired) electrons. The van der Waals surface area contributed by atoms with Crippen molar-refractivity contribution in [3.63, 3.8) is 0 Å². The van der Waals surface area contributed by atoms with Crippen LogP contribution in [0, 0.1) is 5.41 Å². The van der Waals surface area contributed by atoms with Crippen molar-refractivity contribution < 1.29 is 10.2 Å². The van der Waals surface area contributed by atoms with Crippen molar-refractivity contribution in [2.75, 3.05) is 0 Å². The van der Waals surface area contributed by atoms with Gasteiger partial charge in [0.25, 0.3) is 0 Å². The number of allylic oxidation sites excluding steroid dienone is 4. The van der Waals surface area contributed by atoms with Gasteiger partial charge in [-0.15, -0.1) is 0 Å². The summed E-state index contributed by atoms with van der Waals surface area (Å²) in [4.78, 5) is 0. The molecular formula is C14H16O2. The van der Waals surface area contributed by atoms with Gasteiger partial charge in [-0.1, -0.05) is 32.1 Å². The number of aromatic hydroxyl groups is 1. The molecule has 0 aromatic heterocycles. The summed E-state index contributed by atoms with van der Waals surface area (Å²) >= 11 is 0. The number of rotatable bonds is 1. The van der Waals surface area contributed by atoms with Crippen LogP contribution in [0.2, 0.25) is 0 Å². The van der Waals surface area contributed by atoms with Crippen molar-refractivity contribution in [2.24, 2.45) is 5.41 Å². The largest absolute Gasteiger partial charge is 0.512 e. The Kier molecular flexibility index (Phi) is 2.50. The molecule has 0 spiro atoms. The van der Waals surface area contributed by atoms with Gasteiger partial charge in [0.05, 0.1) is 5.76 Å². The first-order valence-corrected chi connectivity index (χ1v) is 5.39. The summed E-state index contributed by atoms with van der Waals surface area (Å²) in [5.41, 5.74) is 2.20. The lowest BCUT2D eigenvalue weighted by Crippen LogP contribution is -2.17. The molecule has 2 N–H and O–H groups in total. The van der Waals surface area contributed by atoms with E-state index in [0.29, 0.717) is 12.2 Å². The Labute approximate surface area is 95.6 Å². The van der Waals surface area contributed by atoms with Crippen molar-refractivity contribution in [1.29, 1.82) is 0 Å². The van der Waals surface area contributed by atoms with Crippen molar-refractivity contribution in [2.45, 2.75) is 20.3 Å². The summed E-state index contributed by atoms with van der Waals surface area (Å²) in [7, 11) is 0. The van der Waals surface area contributed by atoms with E-state index in [-0.39, 0.29) is 11.2 Å². The van der Waals surface area contributed by atoms with Crippen molar-refractivity contribution in [3.05, 3.63) is 47.7 Å². The molecule has 16 heavy (non-hydrogen) atoms. The Morgan fingerprint density at radius 3 is 2.19 bits per heavy atom. The molecule has 0 atom stereocenters. The third kappa shape index (κ3) is 1.96. The molecule has 1 aliphatic rings. The van der Waals surface area contributed by atoms with E-state index in [9.17, 15) is 10.2 Å². The molecule has 0 amide bonds. The second-order valence-corrected chi connectivity index (χ2v) is 4.85. The molecule has 0 heterocycles. The monoisotopic (exact) mass is 216 g/mol. The predicted octanol–water partition coefficient (Wildman–Crippen LogP) is 3.65. The van der Waals surface area contributed by atoms with Gasteiger partial charge in [0.2, 0.25) is 0 Å². The first kappa shape index (κ1) is 10.8. The molecule has 2 rings (SSSR count). The Hall–Kier alpha value is -1.70. The van der Waals surface area contributed by atoms with Crippen LogP contribution in [0.1, 0.15) is 25.8 Å². The maximum absolute atomic E-state index is 9.53. The SMILES string of the molecule is CC1(C)CC(O)=CC=C1c1ccc(O)cc1. The fraction of sp³-hybridized carbons (Fsp3) is 0.286. The van der Waals surface area contributed by atoms with E-state index in [2.05, 4.69) is 13.8 Å². The lowest BCUT2D eigenvalue weighted by Gasteiger charge is -2.30. The molecule has 0 bridgehead atoms. The molecule has 1 aromatic carbocycles. The van der Waals surface area contributed by atoms with E-state index in [1.165, 1.54) is 5.57 Å². The minimum Gasteiger partial charge on any atom is -0.512 e. The number of phenolic OH excluding ortho intramolecular Hbond substituents is 1. The highest BCUT2D eigenvalue weighted by molar-refractivity contribution is 5.73. The quantitative estimate of drug-likeness (QED) is 0.752. The maximum Gasteiger partial charge on any atom is 0.115 e. The van der Waals surface area contributed by atoms with Crippen LogP contribution in [0.3, 0.4) is 0 Å². The fourth-order valence-corrected chi connectivity index (χ4v) is 2.14. The molecule has 0 aliphatic heterocycles. The molecule has 2 heteroatoms. The minimum absolute atomic E-state index is 0.0736. The van der Waals surface area contributed by atoms with Gasteiger partial charge < -0.3 is 10.2 Å². The average molecular weight is 216 g/mol. The van der Waals surface area contributed by atoms with Crippen molar-refractivity contribution in [3.8, 4) is 5.75 Å². The summed E-state index contributed by atoms with van der Waals surface area (Å²) in [5, 5.41) is 18.8. The second kappa shape index (κ2) is 3.71. The Bertz CT molecular complexity index is 450. The van der Waals surface area contributed by atoms with Crippen LogP contribution in [-0.4, -0.2) is 10.2 Å². The number of aliphatic hydroxyl groups is 1. The van der Waals surface area contributed by atoms with Gasteiger partial charge >= 0.3 is 0 Å². The summed E-state index contributed by atoms with van der Waals surface area (Å²) in [6.45, 7) is 4.21. The number of hydrogen-bond donors (Lipinski definition) is 2. The fourth-order valence-electron chi connectivity index (χ4n) is 2.14. The van der Waals surface area contributed by atoms with Crippen LogP contribution in [-0.2, 0) is 0 Å². The molecule has 2 nitrogen and oxygen atoms in total. The first-order valence-electron chi connectivity index (χ1n) is 5.39. The highest BCUT2D eigenvalue weighted by atomic mass is 16.3. The van der Waals surface area contributed by atoms with Crippen LogP contribution in [0.15, 0.2) is 42.2 Å². The standard InChI is InChI=1S/C14H16O2/c1-14(2)9-12(16)7-8-13(14)10-3-5-11(15)6-4-10/h3-8,15-16H,9H2,1-2H3. The van der Waals surface area contributed by atoms with E-state index in [4.69, 9.17) is 0 Å². The number of phenols is 1.